The van der Waals surface area contributed by atoms with E-state index in [0.717, 1.165) is 47.4 Å². The third kappa shape index (κ3) is 4.77. The lowest BCUT2D eigenvalue weighted by Crippen LogP contribution is -2.46. The normalized spacial score (nSPS) is 16.2. The summed E-state index contributed by atoms with van der Waals surface area (Å²) in [4.78, 5) is 19.5. The molecule has 1 unspecified atom stereocenters. The first-order valence-corrected chi connectivity index (χ1v) is 11.4. The van der Waals surface area contributed by atoms with Crippen LogP contribution in [-0.2, 0) is 0 Å². The van der Waals surface area contributed by atoms with Crippen molar-refractivity contribution < 1.29 is 14.1 Å². The monoisotopic (exact) mass is 446 g/mol. The summed E-state index contributed by atoms with van der Waals surface area (Å²) in [6, 6.07) is 15.1. The van der Waals surface area contributed by atoms with Gasteiger partial charge in [-0.25, -0.2) is 4.79 Å². The van der Waals surface area contributed by atoms with Crippen molar-refractivity contribution in [3.63, 3.8) is 0 Å². The molecule has 172 valence electrons. The summed E-state index contributed by atoms with van der Waals surface area (Å²) in [5, 5.41) is 7.37. The molecule has 1 aliphatic rings. The summed E-state index contributed by atoms with van der Waals surface area (Å²) >= 11 is 0. The Morgan fingerprint density at radius 2 is 1.79 bits per heavy atom. The van der Waals surface area contributed by atoms with Crippen LogP contribution in [0.2, 0.25) is 0 Å². The predicted octanol–water partition coefficient (Wildman–Crippen LogP) is 5.74. The van der Waals surface area contributed by atoms with Crippen molar-refractivity contribution >= 4 is 11.6 Å². The fourth-order valence-corrected chi connectivity index (χ4v) is 4.05. The van der Waals surface area contributed by atoms with Gasteiger partial charge in [0.1, 0.15) is 5.75 Å². The molecule has 1 atom stereocenters. The molecular weight excluding hydrogens is 416 g/mol. The second kappa shape index (κ2) is 9.90. The Labute approximate surface area is 194 Å². The van der Waals surface area contributed by atoms with Crippen LogP contribution in [0.1, 0.15) is 56.2 Å². The first kappa shape index (κ1) is 22.6. The second-order valence-electron chi connectivity index (χ2n) is 8.30. The molecular formula is C26H30N4O3. The Balaban J connectivity index is 1.75. The molecule has 0 fully saturated rings. The lowest BCUT2D eigenvalue weighted by Gasteiger charge is -2.35. The van der Waals surface area contributed by atoms with Crippen LogP contribution in [0.5, 0.6) is 5.75 Å². The van der Waals surface area contributed by atoms with E-state index in [1.165, 1.54) is 5.56 Å². The van der Waals surface area contributed by atoms with Gasteiger partial charge in [-0.2, -0.15) is 4.98 Å². The van der Waals surface area contributed by atoms with Crippen LogP contribution >= 0.6 is 0 Å². The summed E-state index contributed by atoms with van der Waals surface area (Å²) in [5.41, 5.74) is 4.60. The fourth-order valence-electron chi connectivity index (χ4n) is 4.05. The van der Waals surface area contributed by atoms with Crippen molar-refractivity contribution in [2.45, 2.75) is 46.1 Å². The molecule has 4 rings (SSSR count). The Morgan fingerprint density at radius 3 is 2.45 bits per heavy atom. The smallest absolute Gasteiger partial charge is 0.322 e. The maximum Gasteiger partial charge on any atom is 0.322 e. The van der Waals surface area contributed by atoms with Crippen molar-refractivity contribution in [2.75, 3.05) is 13.7 Å². The van der Waals surface area contributed by atoms with Crippen molar-refractivity contribution in [3.8, 4) is 17.1 Å². The molecule has 0 saturated carbocycles. The van der Waals surface area contributed by atoms with Gasteiger partial charge in [0.25, 0.3) is 5.89 Å². The van der Waals surface area contributed by atoms with Crippen LogP contribution in [0.15, 0.2) is 58.8 Å². The molecule has 7 heteroatoms. The lowest BCUT2D eigenvalue weighted by molar-refractivity contribution is 0.204. The highest BCUT2D eigenvalue weighted by atomic mass is 16.5. The fraction of sp³-hybridized carbons (Fsp3) is 0.346. The molecule has 0 spiro atoms. The molecule has 1 N–H and O–H groups in total. The van der Waals surface area contributed by atoms with E-state index < -0.39 is 6.04 Å². The number of hydrogen-bond acceptors (Lipinski definition) is 5. The standard InChI is InChI=1S/C26H30N4O3/c1-5-6-7-16-30-18(3)22(23(27-26(30)31)19-12-14-21(32-4)15-13-19)25-28-24(29-33-25)20-10-8-17(2)9-11-20/h8-15,23H,5-7,16H2,1-4H3,(H,27,31). The van der Waals surface area contributed by atoms with Gasteiger partial charge in [-0.1, -0.05) is 66.9 Å². The van der Waals surface area contributed by atoms with Crippen LogP contribution in [0.3, 0.4) is 0 Å². The second-order valence-corrected chi connectivity index (χ2v) is 8.30. The highest BCUT2D eigenvalue weighted by molar-refractivity contribution is 5.86. The summed E-state index contributed by atoms with van der Waals surface area (Å²) in [7, 11) is 1.63. The summed E-state index contributed by atoms with van der Waals surface area (Å²) in [5.74, 6) is 1.68. The van der Waals surface area contributed by atoms with E-state index in [1.54, 1.807) is 12.0 Å². The maximum absolute atomic E-state index is 13.0. The molecule has 33 heavy (non-hydrogen) atoms. The highest BCUT2D eigenvalue weighted by Crippen LogP contribution is 2.37. The number of carbonyl (C=O) groups excluding carboxylic acids is 1. The number of aryl methyl sites for hydroxylation is 1. The van der Waals surface area contributed by atoms with Gasteiger partial charge in [0, 0.05) is 17.8 Å². The molecule has 2 amide bonds. The number of nitrogens with zero attached hydrogens (tertiary/aromatic N) is 3. The Hall–Kier alpha value is -3.61. The largest absolute Gasteiger partial charge is 0.497 e. The van der Waals surface area contributed by atoms with Crippen LogP contribution < -0.4 is 10.1 Å². The molecule has 1 aliphatic heterocycles. The van der Waals surface area contributed by atoms with Gasteiger partial charge in [0.2, 0.25) is 5.82 Å². The molecule has 7 nitrogen and oxygen atoms in total. The lowest BCUT2D eigenvalue weighted by atomic mass is 9.94. The molecule has 0 saturated heterocycles. The summed E-state index contributed by atoms with van der Waals surface area (Å²) < 4.78 is 11.0. The number of benzene rings is 2. The van der Waals surface area contributed by atoms with E-state index in [0.29, 0.717) is 18.3 Å². The minimum absolute atomic E-state index is 0.119. The molecule has 0 aliphatic carbocycles. The van der Waals surface area contributed by atoms with Crippen LogP contribution in [0, 0.1) is 6.92 Å². The van der Waals surface area contributed by atoms with Gasteiger partial charge >= 0.3 is 6.03 Å². The molecule has 0 radical (unpaired) electrons. The number of aromatic nitrogens is 2. The van der Waals surface area contributed by atoms with E-state index in [2.05, 4.69) is 17.4 Å². The highest BCUT2D eigenvalue weighted by Gasteiger charge is 2.35. The number of amides is 2. The van der Waals surface area contributed by atoms with Crippen LogP contribution in [-0.4, -0.2) is 34.7 Å². The van der Waals surface area contributed by atoms with Gasteiger partial charge in [0.15, 0.2) is 0 Å². The molecule has 2 heterocycles. The quantitative estimate of drug-likeness (QED) is 0.446. The number of rotatable bonds is 8. The number of ether oxygens (including phenoxy) is 1. The zero-order valence-corrected chi connectivity index (χ0v) is 19.6. The Kier molecular flexibility index (Phi) is 6.77. The molecule has 2 aromatic carbocycles. The summed E-state index contributed by atoms with van der Waals surface area (Å²) in [6.45, 7) is 6.78. The van der Waals surface area contributed by atoms with Crippen LogP contribution in [0.25, 0.3) is 17.0 Å². The van der Waals surface area contributed by atoms with E-state index >= 15 is 0 Å². The maximum atomic E-state index is 13.0. The third-order valence-corrected chi connectivity index (χ3v) is 6.00. The van der Waals surface area contributed by atoms with Crippen molar-refractivity contribution in [2.24, 2.45) is 0 Å². The SMILES string of the molecule is CCCCCN1C(=O)NC(c2ccc(OC)cc2)C(c2nc(-c3ccc(C)cc3)no2)=C1C. The first-order chi connectivity index (χ1) is 16.0. The predicted molar refractivity (Wildman–Crippen MR) is 128 cm³/mol. The Bertz CT molecular complexity index is 1130. The Morgan fingerprint density at radius 1 is 1.06 bits per heavy atom. The minimum atomic E-state index is -0.405. The topological polar surface area (TPSA) is 80.5 Å². The van der Waals surface area contributed by atoms with Crippen molar-refractivity contribution in [3.05, 3.63) is 71.2 Å². The van der Waals surface area contributed by atoms with E-state index in [9.17, 15) is 4.79 Å². The zero-order valence-electron chi connectivity index (χ0n) is 19.6. The number of hydrogen-bond donors (Lipinski definition) is 1. The minimum Gasteiger partial charge on any atom is -0.497 e. The molecule has 3 aromatic rings. The average Bonchev–Trinajstić information content (AvgIpc) is 3.31. The zero-order chi connectivity index (χ0) is 23.4. The number of urea groups is 1. The number of allylic oxidation sites excluding steroid dienone is 1. The average molecular weight is 447 g/mol. The molecule has 0 bridgehead atoms. The van der Waals surface area contributed by atoms with Gasteiger partial charge in [-0.15, -0.1) is 0 Å². The number of carbonyl (C=O) groups is 1. The van der Waals surface area contributed by atoms with Gasteiger partial charge in [-0.05, 0) is 38.0 Å². The van der Waals surface area contributed by atoms with Gasteiger partial charge in [0.05, 0.1) is 18.7 Å². The third-order valence-electron chi connectivity index (χ3n) is 6.00. The van der Waals surface area contributed by atoms with Gasteiger partial charge in [-0.3, -0.25) is 4.90 Å². The van der Waals surface area contributed by atoms with E-state index in [1.807, 2.05) is 62.4 Å². The number of methoxy groups -OCH3 is 1. The van der Waals surface area contributed by atoms with Crippen molar-refractivity contribution in [1.29, 1.82) is 0 Å². The van der Waals surface area contributed by atoms with Crippen LogP contribution in [0.4, 0.5) is 4.79 Å². The van der Waals surface area contributed by atoms with E-state index in [-0.39, 0.29) is 6.03 Å². The van der Waals surface area contributed by atoms with E-state index in [4.69, 9.17) is 14.2 Å². The van der Waals surface area contributed by atoms with Crippen molar-refractivity contribution in [1.82, 2.24) is 20.4 Å². The van der Waals surface area contributed by atoms with Gasteiger partial charge < -0.3 is 14.6 Å². The summed E-state index contributed by atoms with van der Waals surface area (Å²) in [6.07, 6.45) is 3.08. The number of nitrogens with one attached hydrogen (secondary N) is 1. The first-order valence-electron chi connectivity index (χ1n) is 11.4. The number of unbranched alkanes of at least 4 members (excludes halogenated alkanes) is 2. The molecule has 1 aromatic heterocycles.